The number of aryl methyl sites for hydroxylation is 2. The lowest BCUT2D eigenvalue weighted by atomic mass is 10.0. The molecule has 0 aliphatic carbocycles. The van der Waals surface area contributed by atoms with Crippen LogP contribution in [-0.4, -0.2) is 37.0 Å². The van der Waals surface area contributed by atoms with E-state index in [9.17, 15) is 4.79 Å². The molecule has 0 bridgehead atoms. The highest BCUT2D eigenvalue weighted by Gasteiger charge is 2.22. The lowest BCUT2D eigenvalue weighted by Gasteiger charge is -2.27. The molecule has 0 saturated carbocycles. The molecule has 1 N–H and O–H groups in total. The lowest BCUT2D eigenvalue weighted by molar-refractivity contribution is 0.0719. The Kier molecular flexibility index (Phi) is 6.50. The minimum atomic E-state index is 0. The van der Waals surface area contributed by atoms with E-state index >= 15 is 0 Å². The zero-order valence-corrected chi connectivity index (χ0v) is 13.4. The van der Waals surface area contributed by atoms with Gasteiger partial charge in [0.05, 0.1) is 0 Å². The van der Waals surface area contributed by atoms with Crippen LogP contribution >= 0.6 is 12.4 Å². The van der Waals surface area contributed by atoms with Crippen LogP contribution in [0, 0.1) is 13.8 Å². The van der Waals surface area contributed by atoms with E-state index in [1.54, 1.807) is 0 Å². The van der Waals surface area contributed by atoms with Crippen molar-refractivity contribution in [3.05, 3.63) is 34.9 Å². The third-order valence-corrected chi connectivity index (χ3v) is 4.03. The maximum atomic E-state index is 12.6. The van der Waals surface area contributed by atoms with E-state index in [0.29, 0.717) is 6.04 Å². The molecule has 0 spiro atoms. The molecule has 20 heavy (non-hydrogen) atoms. The summed E-state index contributed by atoms with van der Waals surface area (Å²) in [5, 5.41) is 3.39. The van der Waals surface area contributed by atoms with E-state index in [4.69, 9.17) is 0 Å². The number of benzene rings is 1. The van der Waals surface area contributed by atoms with Gasteiger partial charge in [-0.1, -0.05) is 17.7 Å². The Bertz CT molecular complexity index is 454. The highest BCUT2D eigenvalue weighted by atomic mass is 35.5. The number of hydrogen-bond acceptors (Lipinski definition) is 2. The molecule has 3 nitrogen and oxygen atoms in total. The van der Waals surface area contributed by atoms with E-state index in [2.05, 4.69) is 18.3 Å². The molecule has 1 atom stereocenters. The lowest BCUT2D eigenvalue weighted by Crippen LogP contribution is -2.37. The van der Waals surface area contributed by atoms with Crippen molar-refractivity contribution < 1.29 is 4.79 Å². The SMILES string of the molecule is Cc1ccc(C(=O)N(C)C2CCCNCC2)c(C)c1.Cl. The minimum absolute atomic E-state index is 0. The van der Waals surface area contributed by atoms with Gasteiger partial charge in [0, 0.05) is 18.7 Å². The summed E-state index contributed by atoms with van der Waals surface area (Å²) < 4.78 is 0. The molecule has 112 valence electrons. The smallest absolute Gasteiger partial charge is 0.254 e. The second-order valence-electron chi connectivity index (χ2n) is 5.57. The van der Waals surface area contributed by atoms with Gasteiger partial charge in [0.15, 0.2) is 0 Å². The van der Waals surface area contributed by atoms with Gasteiger partial charge >= 0.3 is 0 Å². The second-order valence-corrected chi connectivity index (χ2v) is 5.57. The van der Waals surface area contributed by atoms with Gasteiger partial charge in [0.25, 0.3) is 5.91 Å². The van der Waals surface area contributed by atoms with Crippen LogP contribution in [0.5, 0.6) is 0 Å². The molecule has 1 saturated heterocycles. The third-order valence-electron chi connectivity index (χ3n) is 4.03. The number of nitrogens with zero attached hydrogens (tertiary/aromatic N) is 1. The van der Waals surface area contributed by atoms with E-state index in [1.165, 1.54) is 5.56 Å². The summed E-state index contributed by atoms with van der Waals surface area (Å²) in [5.41, 5.74) is 3.12. The number of nitrogens with one attached hydrogen (secondary N) is 1. The van der Waals surface area contributed by atoms with Crippen LogP contribution in [0.15, 0.2) is 18.2 Å². The number of amides is 1. The normalized spacial score (nSPS) is 18.9. The van der Waals surface area contributed by atoms with Crippen molar-refractivity contribution in [1.82, 2.24) is 10.2 Å². The van der Waals surface area contributed by atoms with Crippen LogP contribution in [0.25, 0.3) is 0 Å². The minimum Gasteiger partial charge on any atom is -0.339 e. The molecule has 1 aliphatic heterocycles. The van der Waals surface area contributed by atoms with Gasteiger partial charge in [-0.25, -0.2) is 0 Å². The van der Waals surface area contributed by atoms with Crippen molar-refractivity contribution in [2.75, 3.05) is 20.1 Å². The van der Waals surface area contributed by atoms with Crippen LogP contribution in [0.4, 0.5) is 0 Å². The van der Waals surface area contributed by atoms with Crippen molar-refractivity contribution in [3.63, 3.8) is 0 Å². The first kappa shape index (κ1) is 17.0. The van der Waals surface area contributed by atoms with Gasteiger partial charge in [0.1, 0.15) is 0 Å². The molecule has 1 amide bonds. The zero-order valence-electron chi connectivity index (χ0n) is 12.6. The van der Waals surface area contributed by atoms with Gasteiger partial charge < -0.3 is 10.2 Å². The molecule has 1 unspecified atom stereocenters. The molecule has 1 aromatic carbocycles. The second kappa shape index (κ2) is 7.65. The summed E-state index contributed by atoms with van der Waals surface area (Å²) >= 11 is 0. The summed E-state index contributed by atoms with van der Waals surface area (Å²) in [6.07, 6.45) is 3.29. The average Bonchev–Trinajstić information content (AvgIpc) is 2.66. The highest BCUT2D eigenvalue weighted by molar-refractivity contribution is 5.95. The molecule has 0 aromatic heterocycles. The van der Waals surface area contributed by atoms with Crippen molar-refractivity contribution in [1.29, 1.82) is 0 Å². The first-order chi connectivity index (χ1) is 9.09. The molecule has 1 heterocycles. The maximum absolute atomic E-state index is 12.6. The van der Waals surface area contributed by atoms with E-state index < -0.39 is 0 Å². The summed E-state index contributed by atoms with van der Waals surface area (Å²) in [4.78, 5) is 14.5. The Morgan fingerprint density at radius 2 is 2.00 bits per heavy atom. The molecular formula is C16H25ClN2O. The van der Waals surface area contributed by atoms with Gasteiger partial charge in [-0.2, -0.15) is 0 Å². The quantitative estimate of drug-likeness (QED) is 0.910. The molecule has 2 rings (SSSR count). The topological polar surface area (TPSA) is 32.3 Å². The Labute approximate surface area is 128 Å². The summed E-state index contributed by atoms with van der Waals surface area (Å²) in [5.74, 6) is 0.157. The number of carbonyl (C=O) groups is 1. The van der Waals surface area contributed by atoms with Gasteiger partial charge in [-0.05, 0) is 57.8 Å². The fraction of sp³-hybridized carbons (Fsp3) is 0.562. The predicted molar refractivity (Wildman–Crippen MR) is 85.8 cm³/mol. The third kappa shape index (κ3) is 3.97. The number of halogens is 1. The predicted octanol–water partition coefficient (Wildman–Crippen LogP) is 2.94. The van der Waals surface area contributed by atoms with Crippen LogP contribution in [-0.2, 0) is 0 Å². The average molecular weight is 297 g/mol. The van der Waals surface area contributed by atoms with Crippen molar-refractivity contribution in [2.45, 2.75) is 39.2 Å². The zero-order chi connectivity index (χ0) is 13.8. The monoisotopic (exact) mass is 296 g/mol. The van der Waals surface area contributed by atoms with Crippen molar-refractivity contribution in [2.24, 2.45) is 0 Å². The van der Waals surface area contributed by atoms with Crippen LogP contribution in [0.1, 0.15) is 40.7 Å². The Morgan fingerprint density at radius 1 is 1.25 bits per heavy atom. The number of hydrogen-bond donors (Lipinski definition) is 1. The standard InChI is InChI=1S/C16H24N2O.ClH/c1-12-6-7-15(13(2)11-12)16(19)18(3)14-5-4-9-17-10-8-14;/h6-7,11,14,17H,4-5,8-10H2,1-3H3;1H. The van der Waals surface area contributed by atoms with E-state index in [-0.39, 0.29) is 18.3 Å². The molecule has 0 radical (unpaired) electrons. The first-order valence-corrected chi connectivity index (χ1v) is 7.14. The summed E-state index contributed by atoms with van der Waals surface area (Å²) in [7, 11) is 1.94. The van der Waals surface area contributed by atoms with Crippen molar-refractivity contribution in [3.8, 4) is 0 Å². The van der Waals surface area contributed by atoms with E-state index in [0.717, 1.165) is 43.5 Å². The number of carbonyl (C=O) groups excluding carboxylic acids is 1. The molecule has 1 aromatic rings. The van der Waals surface area contributed by atoms with Crippen molar-refractivity contribution >= 4 is 18.3 Å². The Hall–Kier alpha value is -1.06. The molecule has 4 heteroatoms. The first-order valence-electron chi connectivity index (χ1n) is 7.14. The summed E-state index contributed by atoms with van der Waals surface area (Å²) in [6.45, 7) is 6.15. The van der Waals surface area contributed by atoms with Gasteiger partial charge in [0.2, 0.25) is 0 Å². The Balaban J connectivity index is 0.00000200. The van der Waals surface area contributed by atoms with Crippen LogP contribution in [0.3, 0.4) is 0 Å². The van der Waals surface area contributed by atoms with Gasteiger partial charge in [-0.3, -0.25) is 4.79 Å². The maximum Gasteiger partial charge on any atom is 0.254 e. The fourth-order valence-electron chi connectivity index (χ4n) is 2.80. The molecular weight excluding hydrogens is 272 g/mol. The number of rotatable bonds is 2. The Morgan fingerprint density at radius 3 is 2.70 bits per heavy atom. The highest BCUT2D eigenvalue weighted by Crippen LogP contribution is 2.18. The summed E-state index contributed by atoms with van der Waals surface area (Å²) in [6, 6.07) is 6.42. The van der Waals surface area contributed by atoms with Gasteiger partial charge in [-0.15, -0.1) is 12.4 Å². The van der Waals surface area contributed by atoms with Crippen LogP contribution in [0.2, 0.25) is 0 Å². The molecule has 1 fully saturated rings. The van der Waals surface area contributed by atoms with E-state index in [1.807, 2.05) is 31.0 Å². The largest absolute Gasteiger partial charge is 0.339 e. The molecule has 1 aliphatic rings. The van der Waals surface area contributed by atoms with Crippen LogP contribution < -0.4 is 5.32 Å². The fourth-order valence-corrected chi connectivity index (χ4v) is 2.80.